The average Bonchev–Trinajstić information content (AvgIpc) is 3.11. The first-order chi connectivity index (χ1) is 14.5. The van der Waals surface area contributed by atoms with Crippen LogP contribution in [0.1, 0.15) is 34.5 Å². The van der Waals surface area contributed by atoms with Crippen molar-refractivity contribution >= 4 is 17.6 Å². The van der Waals surface area contributed by atoms with E-state index in [2.05, 4.69) is 16.1 Å². The molecule has 0 N–H and O–H groups in total. The summed E-state index contributed by atoms with van der Waals surface area (Å²) in [5.74, 6) is 0.830. The Bertz CT molecular complexity index is 999. The molecule has 0 radical (unpaired) electrons. The minimum absolute atomic E-state index is 0.110. The molecular formula is C22H26N6O2. The number of amides is 2. The highest BCUT2D eigenvalue weighted by Gasteiger charge is 2.37. The number of aromatic nitrogens is 2. The van der Waals surface area contributed by atoms with Crippen molar-refractivity contribution in [3.8, 4) is 6.07 Å². The van der Waals surface area contributed by atoms with E-state index < -0.39 is 0 Å². The molecule has 1 aromatic carbocycles. The van der Waals surface area contributed by atoms with Crippen molar-refractivity contribution in [2.75, 3.05) is 37.6 Å². The minimum atomic E-state index is -0.169. The lowest BCUT2D eigenvalue weighted by Crippen LogP contribution is -2.58. The number of carbonyl (C=O) groups is 2. The summed E-state index contributed by atoms with van der Waals surface area (Å²) in [6.07, 6.45) is 1.77. The fraction of sp³-hybridized carbons (Fsp3) is 0.455. The lowest BCUT2D eigenvalue weighted by molar-refractivity contribution is -0.126. The van der Waals surface area contributed by atoms with E-state index in [-0.39, 0.29) is 17.9 Å². The van der Waals surface area contributed by atoms with Crippen molar-refractivity contribution in [1.29, 1.82) is 5.26 Å². The second-order valence-electron chi connectivity index (χ2n) is 7.90. The maximum Gasteiger partial charge on any atom is 0.255 e. The summed E-state index contributed by atoms with van der Waals surface area (Å²) in [6, 6.07) is 10.8. The van der Waals surface area contributed by atoms with Gasteiger partial charge in [-0.1, -0.05) is 12.1 Å². The number of nitrogens with zero attached hydrogens (tertiary/aromatic N) is 6. The summed E-state index contributed by atoms with van der Waals surface area (Å²) in [4.78, 5) is 31.9. The van der Waals surface area contributed by atoms with Crippen LogP contribution in [0.15, 0.2) is 30.3 Å². The van der Waals surface area contributed by atoms with Gasteiger partial charge in [-0.05, 0) is 31.9 Å². The van der Waals surface area contributed by atoms with Crippen molar-refractivity contribution < 1.29 is 9.59 Å². The van der Waals surface area contributed by atoms with Crippen molar-refractivity contribution in [3.63, 3.8) is 0 Å². The maximum absolute atomic E-state index is 13.2. The Morgan fingerprint density at radius 2 is 1.90 bits per heavy atom. The Morgan fingerprint density at radius 3 is 2.57 bits per heavy atom. The van der Waals surface area contributed by atoms with E-state index in [0.29, 0.717) is 43.9 Å². The van der Waals surface area contributed by atoms with Crippen LogP contribution >= 0.6 is 0 Å². The molecule has 30 heavy (non-hydrogen) atoms. The zero-order valence-corrected chi connectivity index (χ0v) is 17.4. The number of aryl methyl sites for hydroxylation is 2. The standard InChI is InChI=1S/C22H26N6O2/c1-16-14-20(25(2)24-16)28-9-5-8-19(22(28)30)26-10-12-27(13-11-26)21(29)18-7-4-3-6-17(18)15-23/h3-4,6-7,14,19H,5,8-13H2,1-2H3/t19-/m0/s1. The van der Waals surface area contributed by atoms with Gasteiger partial charge in [-0.25, -0.2) is 0 Å². The van der Waals surface area contributed by atoms with E-state index in [4.69, 9.17) is 0 Å². The topological polar surface area (TPSA) is 85.5 Å². The van der Waals surface area contributed by atoms with Crippen molar-refractivity contribution in [2.45, 2.75) is 25.8 Å². The number of nitriles is 1. The predicted octanol–water partition coefficient (Wildman–Crippen LogP) is 1.55. The first kappa shape index (κ1) is 20.1. The number of hydrogen-bond acceptors (Lipinski definition) is 5. The van der Waals surface area contributed by atoms with Gasteiger partial charge in [0, 0.05) is 45.8 Å². The molecule has 1 aromatic heterocycles. The zero-order valence-electron chi connectivity index (χ0n) is 17.4. The van der Waals surface area contributed by atoms with E-state index in [0.717, 1.165) is 24.4 Å². The second-order valence-corrected chi connectivity index (χ2v) is 7.90. The Labute approximate surface area is 176 Å². The molecule has 2 aliphatic heterocycles. The summed E-state index contributed by atoms with van der Waals surface area (Å²) in [5.41, 5.74) is 1.74. The highest BCUT2D eigenvalue weighted by molar-refractivity contribution is 5.98. The quantitative estimate of drug-likeness (QED) is 0.772. The molecule has 2 aromatic rings. The second kappa shape index (κ2) is 8.28. The summed E-state index contributed by atoms with van der Waals surface area (Å²) in [6.45, 7) is 5.03. The summed E-state index contributed by atoms with van der Waals surface area (Å²) in [7, 11) is 1.86. The average molecular weight is 406 g/mol. The number of benzene rings is 1. The van der Waals surface area contributed by atoms with E-state index >= 15 is 0 Å². The van der Waals surface area contributed by atoms with Crippen LogP contribution in [-0.2, 0) is 11.8 Å². The van der Waals surface area contributed by atoms with Gasteiger partial charge < -0.3 is 4.90 Å². The first-order valence-corrected chi connectivity index (χ1v) is 10.3. The van der Waals surface area contributed by atoms with Crippen molar-refractivity contribution in [3.05, 3.63) is 47.2 Å². The Balaban J connectivity index is 1.42. The molecule has 4 rings (SSSR count). The highest BCUT2D eigenvalue weighted by Crippen LogP contribution is 2.25. The van der Waals surface area contributed by atoms with Gasteiger partial charge in [-0.15, -0.1) is 0 Å². The third-order valence-corrected chi connectivity index (χ3v) is 5.98. The number of rotatable bonds is 3. The van der Waals surface area contributed by atoms with Crippen LogP contribution < -0.4 is 4.90 Å². The van der Waals surface area contributed by atoms with Crippen LogP contribution in [-0.4, -0.2) is 70.2 Å². The van der Waals surface area contributed by atoms with E-state index in [1.54, 1.807) is 33.8 Å². The van der Waals surface area contributed by atoms with Gasteiger partial charge in [0.15, 0.2) is 0 Å². The smallest absolute Gasteiger partial charge is 0.255 e. The molecule has 3 heterocycles. The van der Waals surface area contributed by atoms with E-state index in [9.17, 15) is 14.9 Å². The molecule has 0 saturated carbocycles. The molecule has 0 unspecified atom stereocenters. The molecule has 2 aliphatic rings. The van der Waals surface area contributed by atoms with E-state index in [1.807, 2.05) is 24.9 Å². The molecule has 2 fully saturated rings. The molecule has 1 atom stereocenters. The molecule has 8 nitrogen and oxygen atoms in total. The van der Waals surface area contributed by atoms with Gasteiger partial charge >= 0.3 is 0 Å². The number of hydrogen-bond donors (Lipinski definition) is 0. The Morgan fingerprint density at radius 1 is 1.17 bits per heavy atom. The maximum atomic E-state index is 13.2. The third kappa shape index (κ3) is 3.68. The fourth-order valence-corrected chi connectivity index (χ4v) is 4.45. The molecule has 8 heteroatoms. The van der Waals surface area contributed by atoms with Crippen LogP contribution in [0.2, 0.25) is 0 Å². The fourth-order valence-electron chi connectivity index (χ4n) is 4.45. The lowest BCUT2D eigenvalue weighted by Gasteiger charge is -2.42. The van der Waals surface area contributed by atoms with Crippen molar-refractivity contribution in [1.82, 2.24) is 19.6 Å². The monoisotopic (exact) mass is 406 g/mol. The number of piperazine rings is 1. The third-order valence-electron chi connectivity index (χ3n) is 5.98. The largest absolute Gasteiger partial charge is 0.336 e. The van der Waals surface area contributed by atoms with E-state index in [1.165, 1.54) is 0 Å². The highest BCUT2D eigenvalue weighted by atomic mass is 16.2. The van der Waals surface area contributed by atoms with Crippen LogP contribution in [0.4, 0.5) is 5.82 Å². The molecule has 156 valence electrons. The van der Waals surface area contributed by atoms with Gasteiger partial charge in [-0.2, -0.15) is 10.4 Å². The molecule has 2 amide bonds. The summed E-state index contributed by atoms with van der Waals surface area (Å²) in [5, 5.41) is 13.6. The first-order valence-electron chi connectivity index (χ1n) is 10.3. The minimum Gasteiger partial charge on any atom is -0.336 e. The van der Waals surface area contributed by atoms with Crippen LogP contribution in [0.3, 0.4) is 0 Å². The van der Waals surface area contributed by atoms with Gasteiger partial charge in [0.25, 0.3) is 5.91 Å². The molecule has 0 aliphatic carbocycles. The predicted molar refractivity (Wildman–Crippen MR) is 112 cm³/mol. The molecular weight excluding hydrogens is 380 g/mol. The van der Waals surface area contributed by atoms with Gasteiger partial charge in [0.2, 0.25) is 5.91 Å². The Hall–Kier alpha value is -3.18. The van der Waals surface area contributed by atoms with Crippen molar-refractivity contribution in [2.24, 2.45) is 7.05 Å². The molecule has 2 saturated heterocycles. The van der Waals surface area contributed by atoms with Crippen LogP contribution in [0, 0.1) is 18.3 Å². The Kier molecular flexibility index (Phi) is 5.55. The zero-order chi connectivity index (χ0) is 21.3. The SMILES string of the molecule is Cc1cc(N2CCC[C@H](N3CCN(C(=O)c4ccccc4C#N)CC3)C2=O)n(C)n1. The number of piperidine rings is 1. The molecule has 0 bridgehead atoms. The summed E-state index contributed by atoms with van der Waals surface area (Å²) < 4.78 is 1.76. The number of carbonyl (C=O) groups excluding carboxylic acids is 2. The van der Waals surface area contributed by atoms with Gasteiger partial charge in [0.05, 0.1) is 28.9 Å². The number of anilines is 1. The van der Waals surface area contributed by atoms with Gasteiger partial charge in [0.1, 0.15) is 5.82 Å². The summed E-state index contributed by atoms with van der Waals surface area (Å²) >= 11 is 0. The molecule has 0 spiro atoms. The normalized spacial score (nSPS) is 20.3. The van der Waals surface area contributed by atoms with Crippen LogP contribution in [0.5, 0.6) is 0 Å². The van der Waals surface area contributed by atoms with Gasteiger partial charge in [-0.3, -0.25) is 24.1 Å². The lowest BCUT2D eigenvalue weighted by atomic mass is 10.0. The van der Waals surface area contributed by atoms with Crippen LogP contribution in [0.25, 0.3) is 0 Å².